The fraction of sp³-hybridized carbons (Fsp3) is 1.00. The van der Waals surface area contributed by atoms with Gasteiger partial charge in [-0.3, -0.25) is 4.90 Å². The number of rotatable bonds is 9. The first kappa shape index (κ1) is 13.8. The topological polar surface area (TPSA) is 63.9 Å². The minimum Gasteiger partial charge on any atom is -0.395 e. The molecule has 0 aliphatic rings. The van der Waals surface area contributed by atoms with Crippen molar-refractivity contribution < 1.29 is 15.3 Å². The van der Waals surface area contributed by atoms with E-state index in [-0.39, 0.29) is 19.3 Å². The van der Waals surface area contributed by atoms with E-state index in [1.54, 1.807) is 0 Å². The summed E-state index contributed by atoms with van der Waals surface area (Å²) in [5.41, 5.74) is 0. The molecular formula is C10H23NO3. The second-order valence-corrected chi connectivity index (χ2v) is 3.54. The van der Waals surface area contributed by atoms with E-state index in [1.807, 2.05) is 4.90 Å². The summed E-state index contributed by atoms with van der Waals surface area (Å²) in [6.45, 7) is 3.81. The predicted molar refractivity (Wildman–Crippen MR) is 56.1 cm³/mol. The second kappa shape index (κ2) is 9.40. The average molecular weight is 205 g/mol. The van der Waals surface area contributed by atoms with Crippen molar-refractivity contribution in [2.45, 2.75) is 32.3 Å². The average Bonchev–Trinajstić information content (AvgIpc) is 2.15. The van der Waals surface area contributed by atoms with Gasteiger partial charge in [-0.2, -0.15) is 0 Å². The summed E-state index contributed by atoms with van der Waals surface area (Å²) in [4.78, 5) is 1.88. The Morgan fingerprint density at radius 3 is 2.14 bits per heavy atom. The second-order valence-electron chi connectivity index (χ2n) is 3.54. The van der Waals surface area contributed by atoms with Crippen molar-refractivity contribution in [1.29, 1.82) is 0 Å². The molecule has 0 rings (SSSR count). The molecule has 0 bridgehead atoms. The molecule has 0 amide bonds. The van der Waals surface area contributed by atoms with Crippen molar-refractivity contribution in [2.24, 2.45) is 0 Å². The summed E-state index contributed by atoms with van der Waals surface area (Å²) >= 11 is 0. The summed E-state index contributed by atoms with van der Waals surface area (Å²) < 4.78 is 0. The zero-order valence-electron chi connectivity index (χ0n) is 9.02. The lowest BCUT2D eigenvalue weighted by molar-refractivity contribution is 0.0812. The van der Waals surface area contributed by atoms with Crippen molar-refractivity contribution in [3.05, 3.63) is 0 Å². The Labute approximate surface area is 86.2 Å². The summed E-state index contributed by atoms with van der Waals surface area (Å²) in [5, 5.41) is 27.1. The molecule has 1 unspecified atom stereocenters. The third-order valence-corrected chi connectivity index (χ3v) is 2.19. The van der Waals surface area contributed by atoms with Crippen LogP contribution in [0.2, 0.25) is 0 Å². The van der Waals surface area contributed by atoms with Crippen molar-refractivity contribution >= 4 is 0 Å². The van der Waals surface area contributed by atoms with Crippen LogP contribution in [-0.2, 0) is 0 Å². The van der Waals surface area contributed by atoms with Crippen LogP contribution >= 0.6 is 0 Å². The Morgan fingerprint density at radius 2 is 1.71 bits per heavy atom. The summed E-state index contributed by atoms with van der Waals surface area (Å²) in [6.07, 6.45) is 2.56. The molecule has 0 saturated carbocycles. The molecule has 4 nitrogen and oxygen atoms in total. The zero-order valence-corrected chi connectivity index (χ0v) is 9.02. The Morgan fingerprint density at radius 1 is 1.14 bits per heavy atom. The molecule has 0 spiro atoms. The SMILES string of the molecule is CCCCC(O)CN(CCO)CCO. The molecule has 1 atom stereocenters. The van der Waals surface area contributed by atoms with Gasteiger partial charge in [-0.05, 0) is 6.42 Å². The highest BCUT2D eigenvalue weighted by atomic mass is 16.3. The van der Waals surface area contributed by atoms with Crippen LogP contribution in [0.4, 0.5) is 0 Å². The van der Waals surface area contributed by atoms with Crippen LogP contribution in [0.15, 0.2) is 0 Å². The zero-order chi connectivity index (χ0) is 10.8. The van der Waals surface area contributed by atoms with E-state index in [0.717, 1.165) is 19.3 Å². The van der Waals surface area contributed by atoms with Crippen molar-refractivity contribution in [2.75, 3.05) is 32.8 Å². The fourth-order valence-electron chi connectivity index (χ4n) is 1.41. The first-order valence-electron chi connectivity index (χ1n) is 5.36. The van der Waals surface area contributed by atoms with Gasteiger partial charge in [0, 0.05) is 19.6 Å². The molecular weight excluding hydrogens is 182 g/mol. The van der Waals surface area contributed by atoms with E-state index in [0.29, 0.717) is 19.6 Å². The van der Waals surface area contributed by atoms with Crippen LogP contribution in [0.25, 0.3) is 0 Å². The van der Waals surface area contributed by atoms with Gasteiger partial charge in [0.1, 0.15) is 0 Å². The van der Waals surface area contributed by atoms with Gasteiger partial charge < -0.3 is 15.3 Å². The smallest absolute Gasteiger partial charge is 0.0667 e. The van der Waals surface area contributed by atoms with Crippen LogP contribution < -0.4 is 0 Å². The highest BCUT2D eigenvalue weighted by Crippen LogP contribution is 2.02. The summed E-state index contributed by atoms with van der Waals surface area (Å²) in [5.74, 6) is 0. The highest BCUT2D eigenvalue weighted by Gasteiger charge is 2.10. The van der Waals surface area contributed by atoms with Gasteiger partial charge >= 0.3 is 0 Å². The highest BCUT2D eigenvalue weighted by molar-refractivity contribution is 4.64. The molecule has 0 aromatic heterocycles. The van der Waals surface area contributed by atoms with E-state index in [4.69, 9.17) is 10.2 Å². The lowest BCUT2D eigenvalue weighted by Crippen LogP contribution is -2.36. The molecule has 86 valence electrons. The molecule has 0 heterocycles. The lowest BCUT2D eigenvalue weighted by atomic mass is 10.1. The van der Waals surface area contributed by atoms with Crippen molar-refractivity contribution in [3.8, 4) is 0 Å². The number of hydrogen-bond donors (Lipinski definition) is 3. The van der Waals surface area contributed by atoms with E-state index in [2.05, 4.69) is 6.92 Å². The number of unbranched alkanes of at least 4 members (excludes halogenated alkanes) is 1. The van der Waals surface area contributed by atoms with Gasteiger partial charge in [0.05, 0.1) is 19.3 Å². The molecule has 0 aromatic rings. The molecule has 14 heavy (non-hydrogen) atoms. The number of aliphatic hydroxyl groups excluding tert-OH is 3. The third kappa shape index (κ3) is 7.26. The molecule has 0 saturated heterocycles. The monoisotopic (exact) mass is 205 g/mol. The summed E-state index contributed by atoms with van der Waals surface area (Å²) in [7, 11) is 0. The largest absolute Gasteiger partial charge is 0.395 e. The molecule has 0 aliphatic carbocycles. The van der Waals surface area contributed by atoms with Gasteiger partial charge in [0.2, 0.25) is 0 Å². The Balaban J connectivity index is 3.64. The van der Waals surface area contributed by atoms with Crippen LogP contribution in [0, 0.1) is 0 Å². The first-order chi connectivity index (χ1) is 6.74. The quantitative estimate of drug-likeness (QED) is 0.489. The maximum absolute atomic E-state index is 9.60. The number of hydrogen-bond acceptors (Lipinski definition) is 4. The van der Waals surface area contributed by atoms with Gasteiger partial charge in [-0.15, -0.1) is 0 Å². The minimum absolute atomic E-state index is 0.0699. The maximum Gasteiger partial charge on any atom is 0.0667 e. The normalized spacial score (nSPS) is 13.5. The van der Waals surface area contributed by atoms with Gasteiger partial charge in [-0.25, -0.2) is 0 Å². The Kier molecular flexibility index (Phi) is 9.29. The minimum atomic E-state index is -0.340. The van der Waals surface area contributed by atoms with Crippen LogP contribution in [-0.4, -0.2) is 59.2 Å². The summed E-state index contributed by atoms with van der Waals surface area (Å²) in [6, 6.07) is 0. The molecule has 0 aliphatic heterocycles. The lowest BCUT2D eigenvalue weighted by Gasteiger charge is -2.23. The Bertz CT molecular complexity index is 116. The van der Waals surface area contributed by atoms with E-state index >= 15 is 0 Å². The molecule has 3 N–H and O–H groups in total. The maximum atomic E-state index is 9.60. The molecule has 4 heteroatoms. The third-order valence-electron chi connectivity index (χ3n) is 2.19. The van der Waals surface area contributed by atoms with Gasteiger partial charge in [0.15, 0.2) is 0 Å². The van der Waals surface area contributed by atoms with Crippen LogP contribution in [0.5, 0.6) is 0 Å². The number of nitrogens with zero attached hydrogens (tertiary/aromatic N) is 1. The van der Waals surface area contributed by atoms with E-state index in [9.17, 15) is 5.11 Å². The standard InChI is InChI=1S/C10H23NO3/c1-2-3-4-10(14)9-11(5-7-12)6-8-13/h10,12-14H,2-9H2,1H3. The number of aliphatic hydroxyl groups is 3. The van der Waals surface area contributed by atoms with E-state index in [1.165, 1.54) is 0 Å². The van der Waals surface area contributed by atoms with Crippen molar-refractivity contribution in [1.82, 2.24) is 4.90 Å². The van der Waals surface area contributed by atoms with Crippen molar-refractivity contribution in [3.63, 3.8) is 0 Å². The predicted octanol–water partition coefficient (Wildman–Crippen LogP) is -0.176. The van der Waals surface area contributed by atoms with Crippen LogP contribution in [0.3, 0.4) is 0 Å². The van der Waals surface area contributed by atoms with Gasteiger partial charge in [-0.1, -0.05) is 19.8 Å². The first-order valence-corrected chi connectivity index (χ1v) is 5.36. The molecule has 0 aromatic carbocycles. The van der Waals surface area contributed by atoms with Crippen LogP contribution in [0.1, 0.15) is 26.2 Å². The molecule has 0 radical (unpaired) electrons. The molecule has 0 fully saturated rings. The fourth-order valence-corrected chi connectivity index (χ4v) is 1.41. The van der Waals surface area contributed by atoms with Gasteiger partial charge in [0.25, 0.3) is 0 Å². The van der Waals surface area contributed by atoms with E-state index < -0.39 is 0 Å². The Hall–Kier alpha value is -0.160.